The molecule has 0 unspecified atom stereocenters. The first-order valence-corrected chi connectivity index (χ1v) is 7.56. The first-order valence-electron chi connectivity index (χ1n) is 7.56. The number of nitrogens with two attached hydrogens (primary N) is 1. The molecule has 124 valence electrons. The fourth-order valence-corrected chi connectivity index (χ4v) is 2.74. The Morgan fingerprint density at radius 1 is 1.04 bits per heavy atom. The number of imidazole rings is 1. The largest absolute Gasteiger partial charge is 0.481 e. The summed E-state index contributed by atoms with van der Waals surface area (Å²) in [4.78, 5) is 13.0. The van der Waals surface area contributed by atoms with Crippen molar-refractivity contribution in [3.63, 3.8) is 0 Å². The van der Waals surface area contributed by atoms with E-state index in [9.17, 15) is 4.39 Å². The van der Waals surface area contributed by atoms with Gasteiger partial charge in [-0.2, -0.15) is 0 Å². The number of anilines is 1. The summed E-state index contributed by atoms with van der Waals surface area (Å²) in [7, 11) is 1.56. The minimum absolute atomic E-state index is 0.301. The number of ether oxygens (including phenoxy) is 1. The Morgan fingerprint density at radius 2 is 1.80 bits per heavy atom. The lowest BCUT2D eigenvalue weighted by molar-refractivity contribution is 0.398. The molecule has 3 heterocycles. The standard InChI is InChI=1S/C18H14FN5O/c1-25-14-7-4-12(10-22-14)16-15(11-2-5-13(19)6-3-11)23-17(20)18-21-8-9-24(16)18/h2-10H,1H3,(H2,20,23). The van der Waals surface area contributed by atoms with Crippen LogP contribution in [0.3, 0.4) is 0 Å². The van der Waals surface area contributed by atoms with Gasteiger partial charge in [0.15, 0.2) is 11.5 Å². The van der Waals surface area contributed by atoms with Gasteiger partial charge in [-0.05, 0) is 30.3 Å². The zero-order valence-corrected chi connectivity index (χ0v) is 13.3. The first kappa shape index (κ1) is 15.1. The van der Waals surface area contributed by atoms with Gasteiger partial charge in [-0.15, -0.1) is 0 Å². The molecule has 4 aromatic rings. The third kappa shape index (κ3) is 2.55. The van der Waals surface area contributed by atoms with Crippen molar-refractivity contribution in [1.82, 2.24) is 19.4 Å². The Balaban J connectivity index is 2.02. The molecule has 1 aromatic carbocycles. The van der Waals surface area contributed by atoms with Crippen LogP contribution >= 0.6 is 0 Å². The van der Waals surface area contributed by atoms with Gasteiger partial charge in [-0.25, -0.2) is 19.3 Å². The van der Waals surface area contributed by atoms with E-state index >= 15 is 0 Å². The van der Waals surface area contributed by atoms with Crippen molar-refractivity contribution in [2.45, 2.75) is 0 Å². The van der Waals surface area contributed by atoms with Crippen molar-refractivity contribution in [3.05, 3.63) is 60.8 Å². The summed E-state index contributed by atoms with van der Waals surface area (Å²) in [5, 5.41) is 0. The number of benzene rings is 1. The third-order valence-electron chi connectivity index (χ3n) is 3.90. The maximum atomic E-state index is 13.3. The lowest BCUT2D eigenvalue weighted by Gasteiger charge is -2.13. The molecule has 0 aliphatic rings. The Kier molecular flexibility index (Phi) is 3.53. The van der Waals surface area contributed by atoms with Crippen LogP contribution < -0.4 is 10.5 Å². The number of nitrogen functional groups attached to an aromatic ring is 1. The molecular formula is C18H14FN5O. The first-order chi connectivity index (χ1) is 12.2. The Labute approximate surface area is 142 Å². The highest BCUT2D eigenvalue weighted by molar-refractivity contribution is 5.82. The molecule has 4 rings (SSSR count). The highest BCUT2D eigenvalue weighted by Gasteiger charge is 2.17. The van der Waals surface area contributed by atoms with E-state index in [1.54, 1.807) is 43.9 Å². The fourth-order valence-electron chi connectivity index (χ4n) is 2.74. The van der Waals surface area contributed by atoms with Crippen molar-refractivity contribution in [3.8, 4) is 28.4 Å². The summed E-state index contributed by atoms with van der Waals surface area (Å²) < 4.78 is 20.3. The van der Waals surface area contributed by atoms with Gasteiger partial charge in [-0.3, -0.25) is 4.40 Å². The Bertz CT molecular complexity index is 1040. The number of rotatable bonds is 3. The highest BCUT2D eigenvalue weighted by atomic mass is 19.1. The van der Waals surface area contributed by atoms with Gasteiger partial charge in [0.2, 0.25) is 5.88 Å². The number of hydrogen-bond donors (Lipinski definition) is 1. The molecule has 0 amide bonds. The number of aromatic nitrogens is 4. The molecule has 0 saturated carbocycles. The molecule has 3 aromatic heterocycles. The molecule has 0 aliphatic carbocycles. The van der Waals surface area contributed by atoms with Crippen LogP contribution in [0.2, 0.25) is 0 Å². The molecule has 2 N–H and O–H groups in total. The minimum atomic E-state index is -0.312. The van der Waals surface area contributed by atoms with Crippen molar-refractivity contribution < 1.29 is 9.13 Å². The van der Waals surface area contributed by atoms with Gasteiger partial charge in [0, 0.05) is 35.8 Å². The van der Waals surface area contributed by atoms with E-state index in [2.05, 4.69) is 15.0 Å². The molecule has 7 heteroatoms. The summed E-state index contributed by atoms with van der Waals surface area (Å²) in [6.45, 7) is 0. The van der Waals surface area contributed by atoms with Gasteiger partial charge in [-0.1, -0.05) is 0 Å². The molecule has 0 fully saturated rings. The smallest absolute Gasteiger partial charge is 0.212 e. The monoisotopic (exact) mass is 335 g/mol. The SMILES string of the molecule is COc1ccc(-c2c(-c3ccc(F)cc3)nc(N)c3nccn23)cn1. The average molecular weight is 335 g/mol. The third-order valence-corrected chi connectivity index (χ3v) is 3.90. The molecule has 0 atom stereocenters. The van der Waals surface area contributed by atoms with Crippen LogP contribution in [0.4, 0.5) is 10.2 Å². The number of nitrogens with zero attached hydrogens (tertiary/aromatic N) is 4. The number of methoxy groups -OCH3 is 1. The molecule has 6 nitrogen and oxygen atoms in total. The second-order valence-electron chi connectivity index (χ2n) is 5.41. The second-order valence-corrected chi connectivity index (χ2v) is 5.41. The van der Waals surface area contributed by atoms with Crippen molar-refractivity contribution >= 4 is 11.5 Å². The number of hydrogen-bond acceptors (Lipinski definition) is 5. The molecule has 0 saturated heterocycles. The van der Waals surface area contributed by atoms with E-state index in [1.165, 1.54) is 12.1 Å². The topological polar surface area (TPSA) is 78.3 Å². The summed E-state index contributed by atoms with van der Waals surface area (Å²) in [5.74, 6) is 0.500. The summed E-state index contributed by atoms with van der Waals surface area (Å²) >= 11 is 0. The normalized spacial score (nSPS) is 11.0. The maximum absolute atomic E-state index is 13.3. The minimum Gasteiger partial charge on any atom is -0.481 e. The van der Waals surface area contributed by atoms with E-state index in [0.717, 1.165) is 16.8 Å². The summed E-state index contributed by atoms with van der Waals surface area (Å²) in [6, 6.07) is 9.76. The van der Waals surface area contributed by atoms with Crippen molar-refractivity contribution in [1.29, 1.82) is 0 Å². The molecule has 0 aliphatic heterocycles. The lowest BCUT2D eigenvalue weighted by Crippen LogP contribution is -2.04. The van der Waals surface area contributed by atoms with Crippen LogP contribution in [0, 0.1) is 5.82 Å². The van der Waals surface area contributed by atoms with Gasteiger partial charge in [0.25, 0.3) is 0 Å². The molecule has 0 spiro atoms. The van der Waals surface area contributed by atoms with E-state index in [4.69, 9.17) is 10.5 Å². The van der Waals surface area contributed by atoms with Crippen molar-refractivity contribution in [2.75, 3.05) is 12.8 Å². The number of halogens is 1. The maximum Gasteiger partial charge on any atom is 0.212 e. The van der Waals surface area contributed by atoms with Crippen LogP contribution in [-0.2, 0) is 0 Å². The predicted molar refractivity (Wildman–Crippen MR) is 92.6 cm³/mol. The van der Waals surface area contributed by atoms with Crippen molar-refractivity contribution in [2.24, 2.45) is 0 Å². The van der Waals surface area contributed by atoms with Gasteiger partial charge in [0.1, 0.15) is 5.82 Å². The van der Waals surface area contributed by atoms with E-state index in [0.29, 0.717) is 23.0 Å². The van der Waals surface area contributed by atoms with Crippen LogP contribution in [0.1, 0.15) is 0 Å². The van der Waals surface area contributed by atoms with Crippen LogP contribution in [-0.4, -0.2) is 26.5 Å². The van der Waals surface area contributed by atoms with Gasteiger partial charge < -0.3 is 10.5 Å². The molecule has 25 heavy (non-hydrogen) atoms. The fraction of sp³-hybridized carbons (Fsp3) is 0.0556. The van der Waals surface area contributed by atoms with Crippen LogP contribution in [0.5, 0.6) is 5.88 Å². The lowest BCUT2D eigenvalue weighted by atomic mass is 10.0. The average Bonchev–Trinajstić information content (AvgIpc) is 3.13. The van der Waals surface area contributed by atoms with Crippen LogP contribution in [0.25, 0.3) is 28.2 Å². The molecule has 0 radical (unpaired) electrons. The second kappa shape index (κ2) is 5.86. The molecule has 0 bridgehead atoms. The Hall–Kier alpha value is -3.48. The summed E-state index contributed by atoms with van der Waals surface area (Å²) in [6.07, 6.45) is 5.15. The number of pyridine rings is 1. The molecular weight excluding hydrogens is 321 g/mol. The van der Waals surface area contributed by atoms with Gasteiger partial charge in [0.05, 0.1) is 18.5 Å². The zero-order valence-electron chi connectivity index (χ0n) is 13.3. The van der Waals surface area contributed by atoms with E-state index < -0.39 is 0 Å². The Morgan fingerprint density at radius 3 is 2.48 bits per heavy atom. The quantitative estimate of drug-likeness (QED) is 0.622. The van der Waals surface area contributed by atoms with Gasteiger partial charge >= 0.3 is 0 Å². The number of fused-ring (bicyclic) bond motifs is 1. The van der Waals surface area contributed by atoms with Crippen LogP contribution in [0.15, 0.2) is 55.0 Å². The zero-order chi connectivity index (χ0) is 17.4. The highest BCUT2D eigenvalue weighted by Crippen LogP contribution is 2.33. The predicted octanol–water partition coefficient (Wildman–Crippen LogP) is 3.19. The summed E-state index contributed by atoms with van der Waals surface area (Å²) in [5.41, 5.74) is 9.56. The van der Waals surface area contributed by atoms with E-state index in [1.807, 2.05) is 10.5 Å². The van der Waals surface area contributed by atoms with E-state index in [-0.39, 0.29) is 5.82 Å².